The van der Waals surface area contributed by atoms with Gasteiger partial charge in [0.2, 0.25) is 0 Å². The highest BCUT2D eigenvalue weighted by molar-refractivity contribution is 6.29. The zero-order valence-corrected chi connectivity index (χ0v) is 15.9. The summed E-state index contributed by atoms with van der Waals surface area (Å²) >= 11 is 6.20. The third-order valence-corrected chi connectivity index (χ3v) is 5.02. The molecule has 2 aromatic rings. The van der Waals surface area contributed by atoms with Crippen LogP contribution in [-0.4, -0.2) is 16.7 Å². The van der Waals surface area contributed by atoms with Crippen LogP contribution in [0.25, 0.3) is 0 Å². The average Bonchev–Trinajstić information content (AvgIpc) is 3.40. The summed E-state index contributed by atoms with van der Waals surface area (Å²) < 4.78 is 7.09. The third kappa shape index (κ3) is 3.66. The number of nitrogens with zero attached hydrogens (tertiary/aromatic N) is 2. The van der Waals surface area contributed by atoms with Crippen molar-refractivity contribution in [3.63, 3.8) is 0 Å². The van der Waals surface area contributed by atoms with E-state index in [1.54, 1.807) is 17.9 Å². The van der Waals surface area contributed by atoms with Crippen molar-refractivity contribution in [1.29, 1.82) is 0 Å². The van der Waals surface area contributed by atoms with E-state index in [1.165, 1.54) is 12.8 Å². The van der Waals surface area contributed by atoms with Crippen LogP contribution < -0.4 is 15.6 Å². The fourth-order valence-corrected chi connectivity index (χ4v) is 3.51. The molecule has 0 spiro atoms. The van der Waals surface area contributed by atoms with Gasteiger partial charge in [-0.05, 0) is 62.3 Å². The van der Waals surface area contributed by atoms with Crippen molar-refractivity contribution in [1.82, 2.24) is 9.55 Å². The Morgan fingerprint density at radius 3 is 2.68 bits per heavy atom. The lowest BCUT2D eigenvalue weighted by Crippen LogP contribution is -2.28. The van der Waals surface area contributed by atoms with Crippen molar-refractivity contribution >= 4 is 23.1 Å². The van der Waals surface area contributed by atoms with E-state index in [1.807, 2.05) is 26.0 Å². The van der Waals surface area contributed by atoms with E-state index in [4.69, 9.17) is 16.3 Å². The summed E-state index contributed by atoms with van der Waals surface area (Å²) in [5.41, 5.74) is 2.67. The van der Waals surface area contributed by atoms with Gasteiger partial charge in [0.1, 0.15) is 10.9 Å². The maximum Gasteiger partial charge on any atom is 0.294 e. The fourth-order valence-electron chi connectivity index (χ4n) is 3.32. The first-order valence-corrected chi connectivity index (χ1v) is 9.03. The molecule has 1 saturated carbocycles. The molecule has 6 heteroatoms. The topological polar surface area (TPSA) is 56.1 Å². The molecule has 1 atom stereocenters. The first-order valence-electron chi connectivity index (χ1n) is 8.65. The number of aromatic nitrogens is 2. The Bertz CT molecular complexity index is 843. The van der Waals surface area contributed by atoms with Gasteiger partial charge in [-0.15, -0.1) is 0 Å². The lowest BCUT2D eigenvalue weighted by atomic mass is 10.1. The second-order valence-electron chi connectivity index (χ2n) is 6.70. The van der Waals surface area contributed by atoms with Gasteiger partial charge in [0, 0.05) is 17.9 Å². The fraction of sp³-hybridized carbons (Fsp3) is 0.474. The number of rotatable bonds is 6. The number of hydrogen-bond acceptors (Lipinski definition) is 4. The van der Waals surface area contributed by atoms with Crippen molar-refractivity contribution in [2.75, 3.05) is 12.4 Å². The molecule has 0 aliphatic heterocycles. The molecule has 0 bridgehead atoms. The minimum absolute atomic E-state index is 0.129. The second-order valence-corrected chi connectivity index (χ2v) is 7.09. The van der Waals surface area contributed by atoms with Gasteiger partial charge in [-0.3, -0.25) is 4.79 Å². The summed E-state index contributed by atoms with van der Waals surface area (Å²) in [5, 5.41) is 3.49. The largest absolute Gasteiger partial charge is 0.496 e. The van der Waals surface area contributed by atoms with Gasteiger partial charge in [0.05, 0.1) is 7.11 Å². The zero-order chi connectivity index (χ0) is 18.1. The van der Waals surface area contributed by atoms with Crippen LogP contribution in [0.3, 0.4) is 0 Å². The van der Waals surface area contributed by atoms with Gasteiger partial charge in [0.15, 0.2) is 5.82 Å². The number of ether oxygens (including phenoxy) is 1. The van der Waals surface area contributed by atoms with Gasteiger partial charge in [-0.1, -0.05) is 18.5 Å². The summed E-state index contributed by atoms with van der Waals surface area (Å²) in [4.78, 5) is 17.2. The number of hydrogen-bond donors (Lipinski definition) is 1. The number of benzene rings is 1. The molecule has 1 aliphatic carbocycles. The van der Waals surface area contributed by atoms with E-state index in [-0.39, 0.29) is 17.4 Å². The molecule has 0 unspecified atom stereocenters. The van der Waals surface area contributed by atoms with E-state index in [0.717, 1.165) is 29.0 Å². The molecule has 0 saturated heterocycles. The molecule has 134 valence electrons. The SMILES string of the molecule is CC[C@H](C1CC1)n1cc(Cl)nc(Nc2cc(C)c(OC)cc2C)c1=O. The summed E-state index contributed by atoms with van der Waals surface area (Å²) in [5.74, 6) is 1.65. The Morgan fingerprint density at radius 2 is 2.08 bits per heavy atom. The van der Waals surface area contributed by atoms with Crippen molar-refractivity contribution < 1.29 is 4.74 Å². The van der Waals surface area contributed by atoms with Crippen molar-refractivity contribution in [2.24, 2.45) is 5.92 Å². The van der Waals surface area contributed by atoms with Crippen LogP contribution in [0.15, 0.2) is 23.1 Å². The predicted octanol–water partition coefficient (Wildman–Crippen LogP) is 4.63. The second kappa shape index (κ2) is 7.08. The van der Waals surface area contributed by atoms with Crippen molar-refractivity contribution in [3.05, 3.63) is 45.0 Å². The lowest BCUT2D eigenvalue weighted by molar-refractivity contribution is 0.411. The van der Waals surface area contributed by atoms with Crippen LogP contribution in [0, 0.1) is 19.8 Å². The molecule has 1 N–H and O–H groups in total. The summed E-state index contributed by atoms with van der Waals surface area (Å²) in [6, 6.07) is 4.09. The lowest BCUT2D eigenvalue weighted by Gasteiger charge is -2.19. The molecule has 1 aromatic heterocycles. The highest BCUT2D eigenvalue weighted by Gasteiger charge is 2.32. The van der Waals surface area contributed by atoms with E-state index in [9.17, 15) is 4.79 Å². The zero-order valence-electron chi connectivity index (χ0n) is 15.1. The van der Waals surface area contributed by atoms with Gasteiger partial charge < -0.3 is 14.6 Å². The van der Waals surface area contributed by atoms with Crippen LogP contribution in [-0.2, 0) is 0 Å². The van der Waals surface area contributed by atoms with Gasteiger partial charge in [-0.2, -0.15) is 0 Å². The number of anilines is 2. The monoisotopic (exact) mass is 361 g/mol. The smallest absolute Gasteiger partial charge is 0.294 e. The first-order chi connectivity index (χ1) is 11.9. The number of aryl methyl sites for hydroxylation is 2. The van der Waals surface area contributed by atoms with E-state index in [2.05, 4.69) is 17.2 Å². The summed E-state index contributed by atoms with van der Waals surface area (Å²) in [6.45, 7) is 6.04. The van der Waals surface area contributed by atoms with Gasteiger partial charge in [-0.25, -0.2) is 4.98 Å². The van der Waals surface area contributed by atoms with Crippen LogP contribution in [0.5, 0.6) is 5.75 Å². The Labute approximate surface area is 153 Å². The number of methoxy groups -OCH3 is 1. The molecule has 25 heavy (non-hydrogen) atoms. The van der Waals surface area contributed by atoms with Gasteiger partial charge in [0.25, 0.3) is 5.56 Å². The van der Waals surface area contributed by atoms with E-state index < -0.39 is 0 Å². The van der Waals surface area contributed by atoms with Crippen LogP contribution >= 0.6 is 11.6 Å². The average molecular weight is 362 g/mol. The molecule has 3 rings (SSSR count). The Morgan fingerprint density at radius 1 is 1.36 bits per heavy atom. The normalized spacial score (nSPS) is 15.1. The number of nitrogens with one attached hydrogen (secondary N) is 1. The summed E-state index contributed by atoms with van der Waals surface area (Å²) in [6.07, 6.45) is 4.91. The minimum Gasteiger partial charge on any atom is -0.496 e. The molecular weight excluding hydrogens is 338 g/mol. The van der Waals surface area contributed by atoms with E-state index in [0.29, 0.717) is 11.1 Å². The van der Waals surface area contributed by atoms with Crippen LogP contribution in [0.2, 0.25) is 5.15 Å². The van der Waals surface area contributed by atoms with Gasteiger partial charge >= 0.3 is 0 Å². The van der Waals surface area contributed by atoms with Crippen LogP contribution in [0.4, 0.5) is 11.5 Å². The van der Waals surface area contributed by atoms with Crippen molar-refractivity contribution in [3.8, 4) is 5.75 Å². The highest BCUT2D eigenvalue weighted by atomic mass is 35.5. The molecule has 1 fully saturated rings. The molecule has 0 amide bonds. The molecular formula is C19H24ClN3O2. The third-order valence-electron chi connectivity index (χ3n) is 4.84. The maximum atomic E-state index is 12.9. The Kier molecular flexibility index (Phi) is 5.04. The Balaban J connectivity index is 1.99. The van der Waals surface area contributed by atoms with E-state index >= 15 is 0 Å². The van der Waals surface area contributed by atoms with Crippen molar-refractivity contribution in [2.45, 2.75) is 46.1 Å². The molecule has 5 nitrogen and oxygen atoms in total. The molecule has 1 heterocycles. The molecule has 0 radical (unpaired) electrons. The number of halogens is 1. The quantitative estimate of drug-likeness (QED) is 0.815. The molecule has 1 aliphatic rings. The summed E-state index contributed by atoms with van der Waals surface area (Å²) in [7, 11) is 1.65. The Hall–Kier alpha value is -2.01. The first kappa shape index (κ1) is 17.8. The van der Waals surface area contributed by atoms with Crippen LogP contribution in [0.1, 0.15) is 43.4 Å². The minimum atomic E-state index is -0.129. The standard InChI is InChI=1S/C19H24ClN3O2/c1-5-15(13-6-7-13)23-10-17(20)22-18(19(23)24)21-14-8-12(3)16(25-4)9-11(14)2/h8-10,13,15H,5-7H2,1-4H3,(H,21,22)/t15-/m1/s1. The highest BCUT2D eigenvalue weighted by Crippen LogP contribution is 2.41. The maximum absolute atomic E-state index is 12.9. The predicted molar refractivity (Wildman–Crippen MR) is 101 cm³/mol. The molecule has 1 aromatic carbocycles.